The summed E-state index contributed by atoms with van der Waals surface area (Å²) in [5, 5.41) is 8.66. The summed E-state index contributed by atoms with van der Waals surface area (Å²) in [6, 6.07) is 0. The molecule has 0 aromatic rings. The van der Waals surface area contributed by atoms with Gasteiger partial charge >= 0.3 is 0 Å². The SMILES string of the molecule is CN(CCCO)S(=O)(=O)NCC1CCCOC1. The van der Waals surface area contributed by atoms with Gasteiger partial charge in [-0.3, -0.25) is 0 Å². The van der Waals surface area contributed by atoms with Gasteiger partial charge < -0.3 is 9.84 Å². The topological polar surface area (TPSA) is 78.9 Å². The van der Waals surface area contributed by atoms with E-state index in [1.807, 2.05) is 0 Å². The van der Waals surface area contributed by atoms with E-state index in [0.29, 0.717) is 26.1 Å². The fourth-order valence-corrected chi connectivity index (χ4v) is 2.75. The van der Waals surface area contributed by atoms with Crippen LogP contribution in [0.4, 0.5) is 0 Å². The van der Waals surface area contributed by atoms with Gasteiger partial charge in [0.15, 0.2) is 0 Å². The van der Waals surface area contributed by atoms with E-state index in [-0.39, 0.29) is 12.5 Å². The number of ether oxygens (including phenoxy) is 1. The maximum absolute atomic E-state index is 11.8. The summed E-state index contributed by atoms with van der Waals surface area (Å²) in [4.78, 5) is 0. The van der Waals surface area contributed by atoms with E-state index in [4.69, 9.17) is 9.84 Å². The molecule has 6 nitrogen and oxygen atoms in total. The minimum Gasteiger partial charge on any atom is -0.396 e. The van der Waals surface area contributed by atoms with Gasteiger partial charge in [0, 0.05) is 33.4 Å². The van der Waals surface area contributed by atoms with Crippen molar-refractivity contribution >= 4 is 10.2 Å². The molecule has 17 heavy (non-hydrogen) atoms. The lowest BCUT2D eigenvalue weighted by molar-refractivity contribution is 0.0566. The lowest BCUT2D eigenvalue weighted by Gasteiger charge is -2.24. The van der Waals surface area contributed by atoms with Crippen molar-refractivity contribution < 1.29 is 18.3 Å². The van der Waals surface area contributed by atoms with Crippen LogP contribution in [0.2, 0.25) is 0 Å². The average molecular weight is 266 g/mol. The van der Waals surface area contributed by atoms with Crippen molar-refractivity contribution in [3.8, 4) is 0 Å². The summed E-state index contributed by atoms with van der Waals surface area (Å²) in [5.41, 5.74) is 0. The van der Waals surface area contributed by atoms with Gasteiger partial charge in [0.05, 0.1) is 6.61 Å². The molecular weight excluding hydrogens is 244 g/mol. The third-order valence-electron chi connectivity index (χ3n) is 2.85. The fourth-order valence-electron chi connectivity index (χ4n) is 1.72. The molecule has 0 aliphatic carbocycles. The van der Waals surface area contributed by atoms with Crippen LogP contribution in [0.15, 0.2) is 0 Å². The predicted octanol–water partition coefficient (Wildman–Crippen LogP) is -0.438. The number of aliphatic hydroxyl groups excluding tert-OH is 1. The fraction of sp³-hybridized carbons (Fsp3) is 1.00. The van der Waals surface area contributed by atoms with Gasteiger partial charge in [0.25, 0.3) is 10.2 Å². The van der Waals surface area contributed by atoms with Crippen LogP contribution in [0.1, 0.15) is 19.3 Å². The lowest BCUT2D eigenvalue weighted by atomic mass is 10.0. The highest BCUT2D eigenvalue weighted by atomic mass is 32.2. The zero-order valence-electron chi connectivity index (χ0n) is 10.3. The minimum atomic E-state index is -3.42. The summed E-state index contributed by atoms with van der Waals surface area (Å²) in [6.07, 6.45) is 2.44. The first kappa shape index (κ1) is 14.8. The number of nitrogens with one attached hydrogen (secondary N) is 1. The summed E-state index contributed by atoms with van der Waals surface area (Å²) < 4.78 is 32.6. The molecule has 102 valence electrons. The van der Waals surface area contributed by atoms with Crippen molar-refractivity contribution in [2.45, 2.75) is 19.3 Å². The Morgan fingerprint density at radius 3 is 2.88 bits per heavy atom. The van der Waals surface area contributed by atoms with Crippen LogP contribution in [-0.4, -0.2) is 57.8 Å². The molecule has 0 amide bonds. The Morgan fingerprint density at radius 2 is 2.29 bits per heavy atom. The Kier molecular flexibility index (Phi) is 6.35. The molecule has 1 atom stereocenters. The second kappa shape index (κ2) is 7.27. The summed E-state index contributed by atoms with van der Waals surface area (Å²) in [6.45, 7) is 2.15. The smallest absolute Gasteiger partial charge is 0.279 e. The van der Waals surface area contributed by atoms with Crippen LogP contribution in [0.5, 0.6) is 0 Å². The number of hydrogen-bond acceptors (Lipinski definition) is 4. The highest BCUT2D eigenvalue weighted by Crippen LogP contribution is 2.12. The van der Waals surface area contributed by atoms with Crippen molar-refractivity contribution in [1.82, 2.24) is 9.03 Å². The molecule has 1 saturated heterocycles. The highest BCUT2D eigenvalue weighted by Gasteiger charge is 2.20. The monoisotopic (exact) mass is 266 g/mol. The van der Waals surface area contributed by atoms with Gasteiger partial charge in [-0.25, -0.2) is 4.72 Å². The van der Waals surface area contributed by atoms with Gasteiger partial charge in [-0.15, -0.1) is 0 Å². The van der Waals surface area contributed by atoms with Crippen molar-refractivity contribution in [1.29, 1.82) is 0 Å². The molecule has 1 unspecified atom stereocenters. The van der Waals surface area contributed by atoms with Gasteiger partial charge in [0.1, 0.15) is 0 Å². The summed E-state index contributed by atoms with van der Waals surface area (Å²) in [7, 11) is -1.91. The normalized spacial score (nSPS) is 21.9. The molecule has 1 rings (SSSR count). The molecular formula is C10H22N2O4S. The molecule has 0 aromatic carbocycles. The van der Waals surface area contributed by atoms with Crippen LogP contribution in [0.3, 0.4) is 0 Å². The molecule has 1 fully saturated rings. The van der Waals surface area contributed by atoms with E-state index in [2.05, 4.69) is 4.72 Å². The quantitative estimate of drug-likeness (QED) is 0.655. The first-order valence-corrected chi connectivity index (χ1v) is 7.40. The van der Waals surface area contributed by atoms with Gasteiger partial charge in [-0.1, -0.05) is 0 Å². The Bertz CT molecular complexity index is 301. The zero-order chi connectivity index (χ0) is 12.7. The van der Waals surface area contributed by atoms with Crippen LogP contribution >= 0.6 is 0 Å². The zero-order valence-corrected chi connectivity index (χ0v) is 11.1. The molecule has 0 aromatic heterocycles. The average Bonchev–Trinajstić information content (AvgIpc) is 2.35. The first-order chi connectivity index (χ1) is 8.06. The second-order valence-corrected chi connectivity index (χ2v) is 6.20. The Hall–Kier alpha value is -0.210. The molecule has 1 aliphatic rings. The number of rotatable bonds is 7. The van der Waals surface area contributed by atoms with Gasteiger partial charge in [0.2, 0.25) is 0 Å². The third-order valence-corrected chi connectivity index (χ3v) is 4.39. The van der Waals surface area contributed by atoms with Crippen LogP contribution in [0, 0.1) is 5.92 Å². The van der Waals surface area contributed by atoms with E-state index in [9.17, 15) is 8.42 Å². The van der Waals surface area contributed by atoms with Crippen molar-refractivity contribution in [2.75, 3.05) is 40.0 Å². The standard InChI is InChI=1S/C10H22N2O4S/c1-12(5-3-6-13)17(14,15)11-8-10-4-2-7-16-9-10/h10-11,13H,2-9H2,1H3. The molecule has 0 saturated carbocycles. The largest absolute Gasteiger partial charge is 0.396 e. The van der Waals surface area contributed by atoms with Crippen molar-refractivity contribution in [3.05, 3.63) is 0 Å². The van der Waals surface area contributed by atoms with E-state index in [1.54, 1.807) is 0 Å². The molecule has 0 spiro atoms. The summed E-state index contributed by atoms with van der Waals surface area (Å²) >= 11 is 0. The predicted molar refractivity (Wildman–Crippen MR) is 64.8 cm³/mol. The van der Waals surface area contributed by atoms with E-state index in [1.165, 1.54) is 11.4 Å². The molecule has 0 radical (unpaired) electrons. The Morgan fingerprint density at radius 1 is 1.53 bits per heavy atom. The van der Waals surface area contributed by atoms with E-state index >= 15 is 0 Å². The Labute approximate surface area is 103 Å². The van der Waals surface area contributed by atoms with E-state index in [0.717, 1.165) is 19.4 Å². The summed E-state index contributed by atoms with van der Waals surface area (Å²) in [5.74, 6) is 0.268. The van der Waals surface area contributed by atoms with Crippen LogP contribution in [-0.2, 0) is 14.9 Å². The van der Waals surface area contributed by atoms with Crippen molar-refractivity contribution in [2.24, 2.45) is 5.92 Å². The maximum atomic E-state index is 11.8. The maximum Gasteiger partial charge on any atom is 0.279 e. The third kappa shape index (κ3) is 5.31. The number of hydrogen-bond donors (Lipinski definition) is 2. The molecule has 7 heteroatoms. The molecule has 2 N–H and O–H groups in total. The van der Waals surface area contributed by atoms with Gasteiger partial charge in [-0.2, -0.15) is 12.7 Å². The minimum absolute atomic E-state index is 0.00365. The molecule has 1 aliphatic heterocycles. The van der Waals surface area contributed by atoms with E-state index < -0.39 is 10.2 Å². The number of aliphatic hydroxyl groups is 1. The highest BCUT2D eigenvalue weighted by molar-refractivity contribution is 7.87. The molecule has 0 bridgehead atoms. The lowest BCUT2D eigenvalue weighted by Crippen LogP contribution is -2.42. The van der Waals surface area contributed by atoms with Crippen LogP contribution < -0.4 is 4.72 Å². The van der Waals surface area contributed by atoms with Gasteiger partial charge in [-0.05, 0) is 25.2 Å². The Balaban J connectivity index is 2.32. The second-order valence-electron chi connectivity index (χ2n) is 4.34. The molecule has 1 heterocycles. The van der Waals surface area contributed by atoms with Crippen molar-refractivity contribution in [3.63, 3.8) is 0 Å². The number of nitrogens with zero attached hydrogens (tertiary/aromatic N) is 1. The first-order valence-electron chi connectivity index (χ1n) is 5.96. The van der Waals surface area contributed by atoms with Crippen LogP contribution in [0.25, 0.3) is 0 Å².